The SMILES string of the molecule is Fc1cnc(Br)cc1C=CCS. The first-order chi connectivity index (χ1) is 5.74. The van der Waals surface area contributed by atoms with Crippen LogP contribution in [-0.4, -0.2) is 10.7 Å². The van der Waals surface area contributed by atoms with E-state index in [0.717, 1.165) is 0 Å². The summed E-state index contributed by atoms with van der Waals surface area (Å²) in [4.78, 5) is 3.74. The molecule has 1 nitrogen and oxygen atoms in total. The lowest BCUT2D eigenvalue weighted by Crippen LogP contribution is -1.84. The Morgan fingerprint density at radius 3 is 3.08 bits per heavy atom. The second-order valence-corrected chi connectivity index (χ2v) is 3.29. The van der Waals surface area contributed by atoms with Crippen LogP contribution < -0.4 is 0 Å². The molecule has 0 amide bonds. The Bertz CT molecular complexity index is 301. The van der Waals surface area contributed by atoms with E-state index in [1.54, 1.807) is 18.2 Å². The van der Waals surface area contributed by atoms with Crippen LogP contribution >= 0.6 is 28.6 Å². The Kier molecular flexibility index (Phi) is 3.75. The lowest BCUT2D eigenvalue weighted by molar-refractivity contribution is 0.617. The second kappa shape index (κ2) is 4.62. The molecule has 1 heterocycles. The Balaban J connectivity index is 2.97. The summed E-state index contributed by atoms with van der Waals surface area (Å²) in [7, 11) is 0. The predicted octanol–water partition coefficient (Wildman–Crippen LogP) is 2.93. The number of hydrogen-bond acceptors (Lipinski definition) is 2. The van der Waals surface area contributed by atoms with Gasteiger partial charge in [0.15, 0.2) is 0 Å². The van der Waals surface area contributed by atoms with Crippen molar-refractivity contribution in [3.05, 3.63) is 34.3 Å². The first-order valence-electron chi connectivity index (χ1n) is 3.32. The van der Waals surface area contributed by atoms with Gasteiger partial charge in [-0.15, -0.1) is 0 Å². The summed E-state index contributed by atoms with van der Waals surface area (Å²) in [6.07, 6.45) is 4.63. The molecule has 0 fully saturated rings. The molecule has 0 atom stereocenters. The number of hydrogen-bond donors (Lipinski definition) is 1. The molecule has 0 aliphatic rings. The van der Waals surface area contributed by atoms with Crippen LogP contribution in [0.3, 0.4) is 0 Å². The molecule has 0 aromatic carbocycles. The number of rotatable bonds is 2. The molecule has 0 aliphatic heterocycles. The molecular weight excluding hydrogens is 241 g/mol. The summed E-state index contributed by atoms with van der Waals surface area (Å²) in [6.45, 7) is 0. The first kappa shape index (κ1) is 9.74. The van der Waals surface area contributed by atoms with Crippen LogP contribution in [-0.2, 0) is 0 Å². The Morgan fingerprint density at radius 2 is 2.42 bits per heavy atom. The molecule has 4 heteroatoms. The van der Waals surface area contributed by atoms with Crippen molar-refractivity contribution in [2.75, 3.05) is 5.75 Å². The van der Waals surface area contributed by atoms with Gasteiger partial charge in [-0.05, 0) is 22.0 Å². The topological polar surface area (TPSA) is 12.9 Å². The smallest absolute Gasteiger partial charge is 0.148 e. The Hall–Kier alpha value is -0.350. The highest BCUT2D eigenvalue weighted by Gasteiger charge is 1.98. The minimum atomic E-state index is -0.323. The highest BCUT2D eigenvalue weighted by Crippen LogP contribution is 2.13. The summed E-state index contributed by atoms with van der Waals surface area (Å²) in [6, 6.07) is 1.62. The van der Waals surface area contributed by atoms with Crippen LogP contribution in [0.2, 0.25) is 0 Å². The lowest BCUT2D eigenvalue weighted by atomic mass is 10.2. The standard InChI is InChI=1S/C8H7BrFNS/c9-8-4-6(2-1-3-12)7(10)5-11-8/h1-2,4-5,12H,3H2. The predicted molar refractivity (Wildman–Crippen MR) is 54.8 cm³/mol. The van der Waals surface area contributed by atoms with Crippen LogP contribution in [0, 0.1) is 5.82 Å². The van der Waals surface area contributed by atoms with Crippen molar-refractivity contribution in [2.24, 2.45) is 0 Å². The van der Waals surface area contributed by atoms with Gasteiger partial charge in [0.05, 0.1) is 6.20 Å². The lowest BCUT2D eigenvalue weighted by Gasteiger charge is -1.95. The van der Waals surface area contributed by atoms with Gasteiger partial charge in [0.1, 0.15) is 10.4 Å². The van der Waals surface area contributed by atoms with Crippen LogP contribution in [0.1, 0.15) is 5.56 Å². The summed E-state index contributed by atoms with van der Waals surface area (Å²) in [5.74, 6) is 0.274. The van der Waals surface area contributed by atoms with Gasteiger partial charge in [0, 0.05) is 11.3 Å². The molecule has 0 spiro atoms. The highest BCUT2D eigenvalue weighted by molar-refractivity contribution is 9.10. The van der Waals surface area contributed by atoms with E-state index in [2.05, 4.69) is 33.5 Å². The minimum absolute atomic E-state index is 0.323. The van der Waals surface area contributed by atoms with Gasteiger partial charge in [0.25, 0.3) is 0 Å². The average molecular weight is 248 g/mol. The summed E-state index contributed by atoms with van der Waals surface area (Å²) in [5.41, 5.74) is 0.519. The molecule has 0 radical (unpaired) electrons. The molecule has 12 heavy (non-hydrogen) atoms. The maximum absolute atomic E-state index is 12.9. The van der Waals surface area contributed by atoms with Crippen molar-refractivity contribution in [2.45, 2.75) is 0 Å². The van der Waals surface area contributed by atoms with Gasteiger partial charge in [0.2, 0.25) is 0 Å². The maximum Gasteiger partial charge on any atom is 0.148 e. The van der Waals surface area contributed by atoms with E-state index in [1.807, 2.05) is 0 Å². The van der Waals surface area contributed by atoms with Crippen molar-refractivity contribution in [3.8, 4) is 0 Å². The fourth-order valence-corrected chi connectivity index (χ4v) is 1.19. The van der Waals surface area contributed by atoms with E-state index >= 15 is 0 Å². The molecule has 0 aliphatic carbocycles. The number of halogens is 2. The van der Waals surface area contributed by atoms with Gasteiger partial charge in [-0.1, -0.05) is 12.2 Å². The molecule has 0 saturated carbocycles. The molecule has 0 bridgehead atoms. The molecule has 0 N–H and O–H groups in total. The molecule has 0 saturated heterocycles. The zero-order chi connectivity index (χ0) is 8.97. The van der Waals surface area contributed by atoms with Crippen molar-refractivity contribution < 1.29 is 4.39 Å². The van der Waals surface area contributed by atoms with Gasteiger partial charge in [-0.2, -0.15) is 12.6 Å². The highest BCUT2D eigenvalue weighted by atomic mass is 79.9. The first-order valence-corrected chi connectivity index (χ1v) is 4.75. The van der Waals surface area contributed by atoms with E-state index in [1.165, 1.54) is 6.20 Å². The Labute approximate surface area is 84.2 Å². The van der Waals surface area contributed by atoms with Crippen molar-refractivity contribution in [1.82, 2.24) is 4.98 Å². The summed E-state index contributed by atoms with van der Waals surface area (Å²) < 4.78 is 13.6. The molecule has 1 rings (SSSR count). The number of nitrogens with zero attached hydrogens (tertiary/aromatic N) is 1. The third kappa shape index (κ3) is 2.60. The quantitative estimate of drug-likeness (QED) is 0.627. The largest absolute Gasteiger partial charge is 0.246 e. The van der Waals surface area contributed by atoms with Crippen LogP contribution in [0.25, 0.3) is 6.08 Å². The van der Waals surface area contributed by atoms with Gasteiger partial charge >= 0.3 is 0 Å². The van der Waals surface area contributed by atoms with E-state index < -0.39 is 0 Å². The van der Waals surface area contributed by atoms with Gasteiger partial charge in [-0.3, -0.25) is 0 Å². The molecule has 1 aromatic rings. The van der Waals surface area contributed by atoms with Crippen molar-refractivity contribution in [1.29, 1.82) is 0 Å². The second-order valence-electron chi connectivity index (χ2n) is 2.11. The van der Waals surface area contributed by atoms with E-state index in [4.69, 9.17) is 0 Å². The van der Waals surface area contributed by atoms with E-state index in [0.29, 0.717) is 15.9 Å². The molecule has 1 aromatic heterocycles. The number of pyridine rings is 1. The average Bonchev–Trinajstić information content (AvgIpc) is 2.07. The summed E-state index contributed by atoms with van der Waals surface area (Å²) >= 11 is 7.13. The number of aromatic nitrogens is 1. The van der Waals surface area contributed by atoms with E-state index in [-0.39, 0.29) is 5.82 Å². The summed E-state index contributed by atoms with van der Waals surface area (Å²) in [5, 5.41) is 0. The zero-order valence-electron chi connectivity index (χ0n) is 6.17. The molecular formula is C8H7BrFNS. The normalized spacial score (nSPS) is 10.9. The third-order valence-electron chi connectivity index (χ3n) is 1.25. The van der Waals surface area contributed by atoms with Crippen LogP contribution in [0.4, 0.5) is 4.39 Å². The Morgan fingerprint density at radius 1 is 1.67 bits per heavy atom. The van der Waals surface area contributed by atoms with Gasteiger partial charge < -0.3 is 0 Å². The number of thiol groups is 1. The molecule has 0 unspecified atom stereocenters. The third-order valence-corrected chi connectivity index (χ3v) is 1.90. The minimum Gasteiger partial charge on any atom is -0.246 e. The van der Waals surface area contributed by atoms with Crippen molar-refractivity contribution in [3.63, 3.8) is 0 Å². The van der Waals surface area contributed by atoms with E-state index in [9.17, 15) is 4.39 Å². The monoisotopic (exact) mass is 247 g/mol. The maximum atomic E-state index is 12.9. The fraction of sp³-hybridized carbons (Fsp3) is 0.125. The molecule has 64 valence electrons. The van der Waals surface area contributed by atoms with Crippen LogP contribution in [0.5, 0.6) is 0 Å². The zero-order valence-corrected chi connectivity index (χ0v) is 8.65. The van der Waals surface area contributed by atoms with Gasteiger partial charge in [-0.25, -0.2) is 9.37 Å². The van der Waals surface area contributed by atoms with Crippen molar-refractivity contribution >= 4 is 34.6 Å². The van der Waals surface area contributed by atoms with Crippen LogP contribution in [0.15, 0.2) is 22.9 Å². The fourth-order valence-electron chi connectivity index (χ4n) is 0.735.